The molecule has 4 N–H and O–H groups in total. The second kappa shape index (κ2) is 7.43. The number of hydrogen-bond acceptors (Lipinski definition) is 5. The zero-order valence-corrected chi connectivity index (χ0v) is 11.6. The Labute approximate surface area is 118 Å². The van der Waals surface area contributed by atoms with Crippen LogP contribution in [-0.4, -0.2) is 39.2 Å². The van der Waals surface area contributed by atoms with Gasteiger partial charge < -0.3 is 20.8 Å². The van der Waals surface area contributed by atoms with Gasteiger partial charge in [-0.1, -0.05) is 6.92 Å². The van der Waals surface area contributed by atoms with Gasteiger partial charge in [-0.05, 0) is 6.42 Å². The molecule has 0 saturated heterocycles. The van der Waals surface area contributed by atoms with Crippen LogP contribution in [0.15, 0.2) is 6.20 Å². The Kier molecular flexibility index (Phi) is 5.91. The number of nitrogens with one attached hydrogen (secondary N) is 2. The number of aryl methyl sites for hydroxylation is 1. The first-order chi connectivity index (χ1) is 9.42. The Morgan fingerprint density at radius 2 is 2.10 bits per heavy atom. The molecule has 0 saturated carbocycles. The average Bonchev–Trinajstić information content (AvgIpc) is 2.83. The Bertz CT molecular complexity index is 502. The molecule has 1 rings (SSSR count). The van der Waals surface area contributed by atoms with E-state index in [9.17, 15) is 14.4 Å². The van der Waals surface area contributed by atoms with Gasteiger partial charge in [0.25, 0.3) is 0 Å². The van der Waals surface area contributed by atoms with E-state index in [-0.39, 0.29) is 6.54 Å². The molecule has 0 spiro atoms. The number of thiazole rings is 1. The predicted molar refractivity (Wildman–Crippen MR) is 70.5 cm³/mol. The number of urea groups is 1. The molecule has 1 heterocycles. The summed E-state index contributed by atoms with van der Waals surface area (Å²) in [5, 5.41) is 22.5. The van der Waals surface area contributed by atoms with Crippen LogP contribution >= 0.6 is 11.3 Å². The number of carbonyl (C=O) groups is 3. The smallest absolute Gasteiger partial charge is 0.326 e. The van der Waals surface area contributed by atoms with Gasteiger partial charge in [0, 0.05) is 11.1 Å². The summed E-state index contributed by atoms with van der Waals surface area (Å²) in [6, 6.07) is -2.21. The van der Waals surface area contributed by atoms with E-state index in [2.05, 4.69) is 15.6 Å². The van der Waals surface area contributed by atoms with E-state index < -0.39 is 30.4 Å². The molecule has 0 fully saturated rings. The van der Waals surface area contributed by atoms with Crippen LogP contribution in [0.5, 0.6) is 0 Å². The van der Waals surface area contributed by atoms with Gasteiger partial charge in [-0.15, -0.1) is 11.3 Å². The zero-order chi connectivity index (χ0) is 15.1. The van der Waals surface area contributed by atoms with Gasteiger partial charge in [-0.25, -0.2) is 14.6 Å². The molecule has 0 aliphatic carbocycles. The molecule has 20 heavy (non-hydrogen) atoms. The van der Waals surface area contributed by atoms with Gasteiger partial charge in [0.1, 0.15) is 11.0 Å². The molecule has 0 unspecified atom stereocenters. The van der Waals surface area contributed by atoms with Crippen molar-refractivity contribution >= 4 is 29.3 Å². The Morgan fingerprint density at radius 1 is 1.40 bits per heavy atom. The number of amides is 2. The van der Waals surface area contributed by atoms with Crippen LogP contribution in [0.2, 0.25) is 0 Å². The molecule has 0 bridgehead atoms. The van der Waals surface area contributed by atoms with Crippen LogP contribution in [0.4, 0.5) is 4.79 Å². The van der Waals surface area contributed by atoms with Crippen LogP contribution in [0.1, 0.15) is 23.2 Å². The molecular formula is C11H15N3O5S. The Morgan fingerprint density at radius 3 is 2.60 bits per heavy atom. The van der Waals surface area contributed by atoms with Crippen LogP contribution in [0.25, 0.3) is 0 Å². The minimum absolute atomic E-state index is 0.163. The van der Waals surface area contributed by atoms with E-state index in [1.807, 2.05) is 6.92 Å². The van der Waals surface area contributed by atoms with Gasteiger partial charge in [0.05, 0.1) is 13.0 Å². The normalized spacial score (nSPS) is 11.7. The SMILES string of the molecule is CCc1cnc(CNC(=O)N[C@@H](CC(=O)O)C(=O)O)s1. The van der Waals surface area contributed by atoms with Crippen molar-refractivity contribution in [2.75, 3.05) is 0 Å². The number of carboxylic acids is 2. The lowest BCUT2D eigenvalue weighted by Crippen LogP contribution is -2.46. The molecule has 1 aromatic heterocycles. The lowest BCUT2D eigenvalue weighted by atomic mass is 10.2. The number of aliphatic carboxylic acids is 2. The number of rotatable bonds is 7. The Hall–Kier alpha value is -2.16. The number of carboxylic acid groups (broad SMARTS) is 2. The first kappa shape index (κ1) is 15.9. The van der Waals surface area contributed by atoms with E-state index in [0.29, 0.717) is 5.01 Å². The summed E-state index contributed by atoms with van der Waals surface area (Å²) >= 11 is 1.45. The van der Waals surface area contributed by atoms with Crippen molar-refractivity contribution in [2.45, 2.75) is 32.4 Å². The van der Waals surface area contributed by atoms with Crippen LogP contribution in [0.3, 0.4) is 0 Å². The molecule has 110 valence electrons. The highest BCUT2D eigenvalue weighted by Crippen LogP contribution is 2.12. The standard InChI is InChI=1S/C11H15N3O5S/c1-2-6-4-12-8(20-6)5-13-11(19)14-7(10(17)18)3-9(15)16/h4,7H,2-3,5H2,1H3,(H,15,16)(H,17,18)(H2,13,14,19)/t7-/m0/s1. The first-order valence-electron chi connectivity index (χ1n) is 5.85. The minimum Gasteiger partial charge on any atom is -0.481 e. The largest absolute Gasteiger partial charge is 0.481 e. The number of carbonyl (C=O) groups excluding carboxylic acids is 1. The van der Waals surface area contributed by atoms with E-state index in [4.69, 9.17) is 10.2 Å². The van der Waals surface area contributed by atoms with Gasteiger partial charge in [0.15, 0.2) is 0 Å². The second-order valence-corrected chi connectivity index (χ2v) is 5.09. The summed E-state index contributed by atoms with van der Waals surface area (Å²) in [6.45, 7) is 2.15. The molecule has 2 amide bonds. The summed E-state index contributed by atoms with van der Waals surface area (Å²) in [5.74, 6) is -2.70. The summed E-state index contributed by atoms with van der Waals surface area (Å²) in [7, 11) is 0. The van der Waals surface area contributed by atoms with E-state index in [0.717, 1.165) is 11.3 Å². The van der Waals surface area contributed by atoms with Gasteiger partial charge in [-0.3, -0.25) is 4.79 Å². The maximum absolute atomic E-state index is 11.5. The van der Waals surface area contributed by atoms with Crippen molar-refractivity contribution in [1.82, 2.24) is 15.6 Å². The first-order valence-corrected chi connectivity index (χ1v) is 6.66. The lowest BCUT2D eigenvalue weighted by molar-refractivity contribution is -0.145. The molecule has 0 aliphatic rings. The maximum Gasteiger partial charge on any atom is 0.326 e. The fraction of sp³-hybridized carbons (Fsp3) is 0.455. The van der Waals surface area contributed by atoms with Crippen molar-refractivity contribution in [3.8, 4) is 0 Å². The third-order valence-corrected chi connectivity index (χ3v) is 3.47. The third kappa shape index (κ3) is 5.22. The highest BCUT2D eigenvalue weighted by atomic mass is 32.1. The molecule has 0 aromatic carbocycles. The Balaban J connectivity index is 2.45. The lowest BCUT2D eigenvalue weighted by Gasteiger charge is -2.12. The van der Waals surface area contributed by atoms with Crippen LogP contribution in [0, 0.1) is 0 Å². The molecule has 1 aromatic rings. The van der Waals surface area contributed by atoms with Crippen LogP contribution < -0.4 is 10.6 Å². The van der Waals surface area contributed by atoms with Crippen LogP contribution in [-0.2, 0) is 22.6 Å². The van der Waals surface area contributed by atoms with Crippen molar-refractivity contribution in [2.24, 2.45) is 0 Å². The van der Waals surface area contributed by atoms with Gasteiger partial charge in [-0.2, -0.15) is 0 Å². The quantitative estimate of drug-likeness (QED) is 0.578. The van der Waals surface area contributed by atoms with Crippen molar-refractivity contribution in [1.29, 1.82) is 0 Å². The zero-order valence-electron chi connectivity index (χ0n) is 10.8. The molecule has 8 nitrogen and oxygen atoms in total. The number of nitrogens with zero attached hydrogens (tertiary/aromatic N) is 1. The second-order valence-electron chi connectivity index (χ2n) is 3.89. The molecule has 0 aliphatic heterocycles. The topological polar surface area (TPSA) is 129 Å². The van der Waals surface area contributed by atoms with Crippen molar-refractivity contribution < 1.29 is 24.6 Å². The fourth-order valence-corrected chi connectivity index (χ4v) is 2.14. The fourth-order valence-electron chi connectivity index (χ4n) is 1.33. The summed E-state index contributed by atoms with van der Waals surface area (Å²) in [4.78, 5) is 37.9. The molecule has 9 heteroatoms. The highest BCUT2D eigenvalue weighted by molar-refractivity contribution is 7.11. The minimum atomic E-state index is -1.46. The molecule has 0 radical (unpaired) electrons. The van der Waals surface area contributed by atoms with E-state index >= 15 is 0 Å². The number of aromatic nitrogens is 1. The average molecular weight is 301 g/mol. The predicted octanol–water partition coefficient (Wildman–Crippen LogP) is 0.433. The van der Waals surface area contributed by atoms with E-state index in [1.54, 1.807) is 6.20 Å². The number of hydrogen-bond donors (Lipinski definition) is 4. The molecular weight excluding hydrogens is 286 g/mol. The highest BCUT2D eigenvalue weighted by Gasteiger charge is 2.22. The maximum atomic E-state index is 11.5. The van der Waals surface area contributed by atoms with Gasteiger partial charge >= 0.3 is 18.0 Å². The summed E-state index contributed by atoms with van der Waals surface area (Å²) in [6.07, 6.45) is 1.88. The van der Waals surface area contributed by atoms with Gasteiger partial charge in [0.2, 0.25) is 0 Å². The van der Waals surface area contributed by atoms with E-state index in [1.165, 1.54) is 11.3 Å². The monoisotopic (exact) mass is 301 g/mol. The summed E-state index contributed by atoms with van der Waals surface area (Å²) in [5.41, 5.74) is 0. The molecule has 1 atom stereocenters. The van der Waals surface area contributed by atoms with Crippen molar-refractivity contribution in [3.63, 3.8) is 0 Å². The summed E-state index contributed by atoms with van der Waals surface area (Å²) < 4.78 is 0. The van der Waals surface area contributed by atoms with Crippen molar-refractivity contribution in [3.05, 3.63) is 16.1 Å². The third-order valence-electron chi connectivity index (χ3n) is 2.33.